The maximum Gasteiger partial charge on any atom is 0.270 e. The first-order valence-electron chi connectivity index (χ1n) is 5.62. The number of alkyl halides is 1. The van der Waals surface area contributed by atoms with Crippen LogP contribution in [0.15, 0.2) is 18.2 Å². The van der Waals surface area contributed by atoms with Crippen molar-refractivity contribution >= 4 is 21.6 Å². The van der Waals surface area contributed by atoms with Gasteiger partial charge in [-0.2, -0.15) is 0 Å². The van der Waals surface area contributed by atoms with E-state index in [0.29, 0.717) is 5.33 Å². The van der Waals surface area contributed by atoms with Gasteiger partial charge in [-0.1, -0.05) is 29.8 Å². The van der Waals surface area contributed by atoms with Gasteiger partial charge >= 0.3 is 0 Å². The summed E-state index contributed by atoms with van der Waals surface area (Å²) in [4.78, 5) is 10.3. The summed E-state index contributed by atoms with van der Waals surface area (Å²) in [7, 11) is 0. The van der Waals surface area contributed by atoms with Crippen molar-refractivity contribution in [2.45, 2.75) is 38.1 Å². The summed E-state index contributed by atoms with van der Waals surface area (Å²) in [5.74, 6) is 0.723. The van der Waals surface area contributed by atoms with E-state index in [9.17, 15) is 10.1 Å². The van der Waals surface area contributed by atoms with Gasteiger partial charge in [0.15, 0.2) is 0 Å². The van der Waals surface area contributed by atoms with Crippen molar-refractivity contribution in [1.82, 2.24) is 0 Å². The quantitative estimate of drug-likeness (QED) is 0.452. The number of benzene rings is 1. The summed E-state index contributed by atoms with van der Waals surface area (Å²) in [6.07, 6.45) is 2.01. The van der Waals surface area contributed by atoms with Gasteiger partial charge in [-0.15, -0.1) is 0 Å². The van der Waals surface area contributed by atoms with Gasteiger partial charge in [-0.05, 0) is 18.9 Å². The highest BCUT2D eigenvalue weighted by atomic mass is 79.9. The van der Waals surface area contributed by atoms with Gasteiger partial charge < -0.3 is 4.74 Å². The molecule has 0 N–H and O–H groups in total. The molecule has 17 heavy (non-hydrogen) atoms. The van der Waals surface area contributed by atoms with Gasteiger partial charge in [-0.3, -0.25) is 10.1 Å². The minimum atomic E-state index is -0.396. The summed E-state index contributed by atoms with van der Waals surface area (Å²) < 4.78 is 5.82. The Morgan fingerprint density at radius 2 is 2.06 bits per heavy atom. The molecule has 0 fully saturated rings. The van der Waals surface area contributed by atoms with E-state index in [-0.39, 0.29) is 11.8 Å². The molecule has 0 bridgehead atoms. The summed E-state index contributed by atoms with van der Waals surface area (Å²) in [5, 5.41) is 11.2. The van der Waals surface area contributed by atoms with Gasteiger partial charge in [0.1, 0.15) is 5.75 Å². The van der Waals surface area contributed by atoms with Gasteiger partial charge in [0, 0.05) is 23.0 Å². The smallest absolute Gasteiger partial charge is 0.270 e. The van der Waals surface area contributed by atoms with Crippen molar-refractivity contribution in [3.05, 3.63) is 33.9 Å². The van der Waals surface area contributed by atoms with Crippen LogP contribution in [0.3, 0.4) is 0 Å². The molecule has 5 heteroatoms. The Morgan fingerprint density at radius 1 is 1.41 bits per heavy atom. The molecule has 0 radical (unpaired) electrons. The number of hydrogen-bond donors (Lipinski definition) is 0. The molecule has 94 valence electrons. The summed E-state index contributed by atoms with van der Waals surface area (Å²) in [6.45, 7) is 4.13. The summed E-state index contributed by atoms with van der Waals surface area (Å²) >= 11 is 3.32. The molecule has 0 saturated heterocycles. The lowest BCUT2D eigenvalue weighted by Gasteiger charge is -2.17. The fourth-order valence-corrected chi connectivity index (χ4v) is 1.97. The van der Waals surface area contributed by atoms with E-state index in [1.165, 1.54) is 6.07 Å². The number of non-ortho nitro benzene ring substituents is 1. The zero-order chi connectivity index (χ0) is 12.8. The van der Waals surface area contributed by atoms with Crippen LogP contribution in [0.5, 0.6) is 5.75 Å². The first-order valence-corrected chi connectivity index (χ1v) is 6.74. The van der Waals surface area contributed by atoms with E-state index in [0.717, 1.165) is 24.2 Å². The molecular formula is C12H16BrNO3. The molecule has 1 rings (SSSR count). The lowest BCUT2D eigenvalue weighted by molar-refractivity contribution is -0.384. The van der Waals surface area contributed by atoms with Crippen molar-refractivity contribution in [1.29, 1.82) is 0 Å². The molecule has 0 aromatic heterocycles. The highest BCUT2D eigenvalue weighted by Gasteiger charge is 2.13. The summed E-state index contributed by atoms with van der Waals surface area (Å²) in [6, 6.07) is 4.70. The predicted octanol–water partition coefficient (Wildman–Crippen LogP) is 4.06. The van der Waals surface area contributed by atoms with Gasteiger partial charge in [-0.25, -0.2) is 0 Å². The van der Waals surface area contributed by atoms with Crippen LogP contribution in [0.1, 0.15) is 32.3 Å². The van der Waals surface area contributed by atoms with Crippen LogP contribution in [-0.4, -0.2) is 11.0 Å². The molecule has 1 aromatic carbocycles. The predicted molar refractivity (Wildman–Crippen MR) is 70.7 cm³/mol. The zero-order valence-corrected chi connectivity index (χ0v) is 11.6. The number of hydrogen-bond acceptors (Lipinski definition) is 3. The Morgan fingerprint density at radius 3 is 2.53 bits per heavy atom. The first-order chi connectivity index (χ1) is 8.12. The van der Waals surface area contributed by atoms with E-state index in [2.05, 4.69) is 29.8 Å². The second kappa shape index (κ2) is 6.59. The maximum absolute atomic E-state index is 10.7. The number of halogens is 1. The molecule has 0 heterocycles. The highest BCUT2D eigenvalue weighted by molar-refractivity contribution is 9.08. The van der Waals surface area contributed by atoms with Crippen molar-refractivity contribution in [2.24, 2.45) is 0 Å². The monoisotopic (exact) mass is 301 g/mol. The Labute approximate surface area is 109 Å². The molecule has 0 spiro atoms. The van der Waals surface area contributed by atoms with Crippen LogP contribution in [0.25, 0.3) is 0 Å². The van der Waals surface area contributed by atoms with Crippen LogP contribution in [0, 0.1) is 10.1 Å². The Bertz CT molecular complexity index is 391. The van der Waals surface area contributed by atoms with E-state index in [1.54, 1.807) is 12.1 Å². The van der Waals surface area contributed by atoms with Crippen molar-refractivity contribution in [3.63, 3.8) is 0 Å². The van der Waals surface area contributed by atoms with Crippen molar-refractivity contribution < 1.29 is 9.66 Å². The third-order valence-corrected chi connectivity index (χ3v) is 3.21. The molecule has 0 amide bonds. The van der Waals surface area contributed by atoms with Crippen LogP contribution < -0.4 is 4.74 Å². The minimum Gasteiger partial charge on any atom is -0.490 e. The van der Waals surface area contributed by atoms with Crippen LogP contribution in [0.4, 0.5) is 5.69 Å². The summed E-state index contributed by atoms with van der Waals surface area (Å²) in [5.41, 5.74) is 0.905. The topological polar surface area (TPSA) is 52.4 Å². The fraction of sp³-hybridized carbons (Fsp3) is 0.500. The Kier molecular flexibility index (Phi) is 5.41. The van der Waals surface area contributed by atoms with E-state index in [4.69, 9.17) is 4.74 Å². The van der Waals surface area contributed by atoms with Gasteiger partial charge in [0.2, 0.25) is 0 Å². The lowest BCUT2D eigenvalue weighted by atomic mass is 10.2. The Balaban J connectivity index is 2.96. The molecule has 0 aliphatic rings. The normalized spacial score (nSPS) is 10.6. The number of nitro groups is 1. The van der Waals surface area contributed by atoms with Crippen molar-refractivity contribution in [2.75, 3.05) is 0 Å². The average molecular weight is 302 g/mol. The SMILES string of the molecule is CCC(CC)Oc1ccc([N+](=O)[O-])cc1CBr. The third-order valence-electron chi connectivity index (χ3n) is 2.60. The molecule has 0 aliphatic carbocycles. The van der Waals surface area contributed by atoms with E-state index < -0.39 is 4.92 Å². The molecule has 0 saturated carbocycles. The largest absolute Gasteiger partial charge is 0.490 e. The molecule has 0 unspecified atom stereocenters. The maximum atomic E-state index is 10.7. The fourth-order valence-electron chi connectivity index (χ4n) is 1.53. The molecular weight excluding hydrogens is 286 g/mol. The second-order valence-corrected chi connectivity index (χ2v) is 4.30. The van der Waals surface area contributed by atoms with E-state index >= 15 is 0 Å². The Hall–Kier alpha value is -1.10. The van der Waals surface area contributed by atoms with Crippen LogP contribution >= 0.6 is 15.9 Å². The molecule has 0 atom stereocenters. The van der Waals surface area contributed by atoms with Gasteiger partial charge in [0.05, 0.1) is 11.0 Å². The molecule has 0 aliphatic heterocycles. The highest BCUT2D eigenvalue weighted by Crippen LogP contribution is 2.27. The minimum absolute atomic E-state index is 0.0938. The number of nitrogens with zero attached hydrogens (tertiary/aromatic N) is 1. The number of nitro benzene ring substituents is 1. The van der Waals surface area contributed by atoms with Crippen LogP contribution in [-0.2, 0) is 5.33 Å². The number of ether oxygens (including phenoxy) is 1. The average Bonchev–Trinajstić information content (AvgIpc) is 2.35. The second-order valence-electron chi connectivity index (χ2n) is 3.74. The van der Waals surface area contributed by atoms with E-state index in [1.807, 2.05) is 0 Å². The van der Waals surface area contributed by atoms with Crippen molar-refractivity contribution in [3.8, 4) is 5.75 Å². The third kappa shape index (κ3) is 3.70. The standard InChI is InChI=1S/C12H16BrNO3/c1-3-11(4-2)17-12-6-5-10(14(15)16)7-9(12)8-13/h5-7,11H,3-4,8H2,1-2H3. The lowest BCUT2D eigenvalue weighted by Crippen LogP contribution is -2.14. The van der Waals surface area contributed by atoms with Crippen LogP contribution in [0.2, 0.25) is 0 Å². The first kappa shape index (κ1) is 14.0. The van der Waals surface area contributed by atoms with Gasteiger partial charge in [0.25, 0.3) is 5.69 Å². The number of rotatable bonds is 6. The molecule has 1 aromatic rings. The molecule has 4 nitrogen and oxygen atoms in total. The zero-order valence-electron chi connectivity index (χ0n) is 9.98.